The summed E-state index contributed by atoms with van der Waals surface area (Å²) in [6.07, 6.45) is 11.0. The highest BCUT2D eigenvalue weighted by molar-refractivity contribution is 5.73. The topological polar surface area (TPSA) is 37.3 Å². The van der Waals surface area contributed by atoms with Crippen LogP contribution in [0.5, 0.6) is 0 Å². The molecule has 5 rings (SSSR count). The zero-order chi connectivity index (χ0) is 11.6. The van der Waals surface area contributed by atoms with Gasteiger partial charge in [0.25, 0.3) is 0 Å². The second-order valence-corrected chi connectivity index (χ2v) is 7.56. The Labute approximate surface area is 103 Å². The van der Waals surface area contributed by atoms with Gasteiger partial charge in [0.2, 0.25) is 0 Å². The average molecular weight is 234 g/mol. The molecule has 94 valence electrons. The second-order valence-electron chi connectivity index (χ2n) is 7.56. The molecule has 0 aromatic carbocycles. The molecule has 0 spiro atoms. The van der Waals surface area contributed by atoms with E-state index in [-0.39, 0.29) is 5.92 Å². The van der Waals surface area contributed by atoms with Crippen molar-refractivity contribution in [1.29, 1.82) is 0 Å². The van der Waals surface area contributed by atoms with E-state index in [0.717, 1.165) is 24.2 Å². The standard InChI is InChI=1S/C15H22O2/c16-14(17)13-4-12(13)8-15-5-9-1-10(6-15)3-11(2-9)7-15/h9-13H,1-8H2,(H,16,17)/t9?,10?,11?,12-,13+,15?/m0/s1. The Balaban J connectivity index is 1.48. The maximum absolute atomic E-state index is 11.0. The van der Waals surface area contributed by atoms with E-state index < -0.39 is 5.97 Å². The van der Waals surface area contributed by atoms with Crippen LogP contribution in [0, 0.1) is 35.0 Å². The first kappa shape index (κ1) is 10.4. The van der Waals surface area contributed by atoms with Crippen molar-refractivity contribution in [3.05, 3.63) is 0 Å². The van der Waals surface area contributed by atoms with Gasteiger partial charge in [0.05, 0.1) is 5.92 Å². The molecule has 5 saturated carbocycles. The van der Waals surface area contributed by atoms with Crippen LogP contribution in [0.1, 0.15) is 51.4 Å². The van der Waals surface area contributed by atoms with Crippen molar-refractivity contribution in [3.8, 4) is 0 Å². The van der Waals surface area contributed by atoms with Crippen molar-refractivity contribution in [2.75, 3.05) is 0 Å². The van der Waals surface area contributed by atoms with Crippen LogP contribution in [-0.4, -0.2) is 11.1 Å². The second kappa shape index (κ2) is 3.27. The lowest BCUT2D eigenvalue weighted by Gasteiger charge is -2.57. The van der Waals surface area contributed by atoms with E-state index in [4.69, 9.17) is 5.11 Å². The Morgan fingerprint density at radius 2 is 1.53 bits per heavy atom. The molecular formula is C15H22O2. The quantitative estimate of drug-likeness (QED) is 0.813. The molecule has 0 heterocycles. The van der Waals surface area contributed by atoms with Crippen LogP contribution in [0.2, 0.25) is 0 Å². The van der Waals surface area contributed by atoms with Gasteiger partial charge in [-0.2, -0.15) is 0 Å². The van der Waals surface area contributed by atoms with Gasteiger partial charge in [0.1, 0.15) is 0 Å². The minimum Gasteiger partial charge on any atom is -0.481 e. The Kier molecular flexibility index (Phi) is 2.00. The molecule has 5 aliphatic rings. The number of hydrogen-bond donors (Lipinski definition) is 1. The normalized spacial score (nSPS) is 54.9. The summed E-state index contributed by atoms with van der Waals surface area (Å²) in [6, 6.07) is 0. The average Bonchev–Trinajstić information content (AvgIpc) is 2.93. The van der Waals surface area contributed by atoms with E-state index in [1.54, 1.807) is 0 Å². The van der Waals surface area contributed by atoms with E-state index >= 15 is 0 Å². The van der Waals surface area contributed by atoms with Gasteiger partial charge in [0, 0.05) is 0 Å². The van der Waals surface area contributed by atoms with Crippen LogP contribution in [0.4, 0.5) is 0 Å². The summed E-state index contributed by atoms with van der Waals surface area (Å²) in [5.74, 6) is 3.02. The summed E-state index contributed by atoms with van der Waals surface area (Å²) >= 11 is 0. The molecule has 0 saturated heterocycles. The Morgan fingerprint density at radius 1 is 1.00 bits per heavy atom. The molecule has 5 aliphatic carbocycles. The highest BCUT2D eigenvalue weighted by Crippen LogP contribution is 2.64. The van der Waals surface area contributed by atoms with Gasteiger partial charge in [-0.15, -0.1) is 0 Å². The fourth-order valence-corrected chi connectivity index (χ4v) is 5.87. The van der Waals surface area contributed by atoms with Gasteiger partial charge in [0.15, 0.2) is 0 Å². The van der Waals surface area contributed by atoms with Crippen LogP contribution < -0.4 is 0 Å². The van der Waals surface area contributed by atoms with Crippen molar-refractivity contribution < 1.29 is 9.90 Å². The highest BCUT2D eigenvalue weighted by Gasteiger charge is 2.55. The maximum atomic E-state index is 11.0. The van der Waals surface area contributed by atoms with Crippen LogP contribution in [0.3, 0.4) is 0 Å². The third-order valence-electron chi connectivity index (χ3n) is 6.10. The first-order valence-corrected chi connectivity index (χ1v) is 7.36. The van der Waals surface area contributed by atoms with Crippen molar-refractivity contribution in [1.82, 2.24) is 0 Å². The number of carboxylic acid groups (broad SMARTS) is 1. The summed E-state index contributed by atoms with van der Waals surface area (Å²) in [5, 5.41) is 9.04. The lowest BCUT2D eigenvalue weighted by molar-refractivity contribution is -0.139. The summed E-state index contributed by atoms with van der Waals surface area (Å²) in [7, 11) is 0. The molecule has 0 aliphatic heterocycles. The van der Waals surface area contributed by atoms with Gasteiger partial charge in [-0.25, -0.2) is 0 Å². The third-order valence-corrected chi connectivity index (χ3v) is 6.10. The molecule has 0 aromatic heterocycles. The van der Waals surface area contributed by atoms with E-state index in [2.05, 4.69) is 0 Å². The summed E-state index contributed by atoms with van der Waals surface area (Å²) in [4.78, 5) is 11.0. The minimum absolute atomic E-state index is 0.0167. The lowest BCUT2D eigenvalue weighted by Crippen LogP contribution is -2.46. The number of hydrogen-bond acceptors (Lipinski definition) is 1. The maximum Gasteiger partial charge on any atom is 0.306 e. The molecule has 0 radical (unpaired) electrons. The molecule has 0 amide bonds. The molecule has 5 fully saturated rings. The summed E-state index contributed by atoms with van der Waals surface area (Å²) in [5.41, 5.74) is 0.587. The van der Waals surface area contributed by atoms with E-state index in [1.807, 2.05) is 0 Å². The Bertz CT molecular complexity index is 325. The van der Waals surface area contributed by atoms with E-state index in [1.165, 1.54) is 44.9 Å². The molecule has 17 heavy (non-hydrogen) atoms. The van der Waals surface area contributed by atoms with Crippen LogP contribution in [-0.2, 0) is 4.79 Å². The van der Waals surface area contributed by atoms with Crippen LogP contribution in [0.15, 0.2) is 0 Å². The molecule has 2 nitrogen and oxygen atoms in total. The van der Waals surface area contributed by atoms with Crippen molar-refractivity contribution in [2.45, 2.75) is 51.4 Å². The van der Waals surface area contributed by atoms with Gasteiger partial charge in [-0.05, 0) is 80.5 Å². The third kappa shape index (κ3) is 1.63. The van der Waals surface area contributed by atoms with E-state index in [9.17, 15) is 4.79 Å². The van der Waals surface area contributed by atoms with E-state index in [0.29, 0.717) is 11.3 Å². The van der Waals surface area contributed by atoms with Gasteiger partial charge < -0.3 is 5.11 Å². The van der Waals surface area contributed by atoms with Crippen molar-refractivity contribution in [3.63, 3.8) is 0 Å². The molecule has 0 aromatic rings. The van der Waals surface area contributed by atoms with Gasteiger partial charge >= 0.3 is 5.97 Å². The molecule has 4 bridgehead atoms. The lowest BCUT2D eigenvalue weighted by atomic mass is 9.48. The molecule has 2 heteroatoms. The van der Waals surface area contributed by atoms with Crippen molar-refractivity contribution >= 4 is 5.97 Å². The van der Waals surface area contributed by atoms with Gasteiger partial charge in [-0.1, -0.05) is 0 Å². The zero-order valence-corrected chi connectivity index (χ0v) is 10.4. The first-order chi connectivity index (χ1) is 8.13. The fourth-order valence-electron chi connectivity index (χ4n) is 5.87. The first-order valence-electron chi connectivity index (χ1n) is 7.36. The number of carboxylic acids is 1. The Morgan fingerprint density at radius 3 is 1.94 bits per heavy atom. The molecule has 1 N–H and O–H groups in total. The van der Waals surface area contributed by atoms with Crippen LogP contribution >= 0.6 is 0 Å². The van der Waals surface area contributed by atoms with Gasteiger partial charge in [-0.3, -0.25) is 4.79 Å². The molecule has 0 unspecified atom stereocenters. The SMILES string of the molecule is O=C(O)[C@@H]1C[C@H]1CC12CC3CC(CC(C3)C1)C2. The zero-order valence-electron chi connectivity index (χ0n) is 10.4. The predicted molar refractivity (Wildman–Crippen MR) is 64.5 cm³/mol. The molecular weight excluding hydrogens is 212 g/mol. The summed E-state index contributed by atoms with van der Waals surface area (Å²) in [6.45, 7) is 0. The number of rotatable bonds is 3. The highest BCUT2D eigenvalue weighted by atomic mass is 16.4. The Hall–Kier alpha value is -0.530. The monoisotopic (exact) mass is 234 g/mol. The molecule has 2 atom stereocenters. The van der Waals surface area contributed by atoms with Crippen molar-refractivity contribution in [2.24, 2.45) is 35.0 Å². The number of aliphatic carboxylic acids is 1. The minimum atomic E-state index is -0.542. The fraction of sp³-hybridized carbons (Fsp3) is 0.933. The number of carbonyl (C=O) groups is 1. The van der Waals surface area contributed by atoms with Crippen LogP contribution in [0.25, 0.3) is 0 Å². The largest absolute Gasteiger partial charge is 0.481 e. The predicted octanol–water partition coefficient (Wildman–Crippen LogP) is 3.31. The smallest absolute Gasteiger partial charge is 0.306 e. The summed E-state index contributed by atoms with van der Waals surface area (Å²) < 4.78 is 0.